The lowest BCUT2D eigenvalue weighted by Gasteiger charge is -2.19. The van der Waals surface area contributed by atoms with Crippen LogP contribution in [0.25, 0.3) is 0 Å². The monoisotopic (exact) mass is 396 g/mol. The van der Waals surface area contributed by atoms with Crippen LogP contribution < -0.4 is 5.73 Å². The van der Waals surface area contributed by atoms with Gasteiger partial charge < -0.3 is 29.7 Å². The van der Waals surface area contributed by atoms with Crippen LogP contribution >= 0.6 is 18.2 Å². The van der Waals surface area contributed by atoms with E-state index in [1.165, 1.54) is 6.33 Å². The lowest BCUT2D eigenvalue weighted by Crippen LogP contribution is -2.32. The summed E-state index contributed by atoms with van der Waals surface area (Å²) in [4.78, 5) is 14.7. The molecule has 2 unspecified atom stereocenters. The van der Waals surface area contributed by atoms with E-state index >= 15 is 0 Å². The van der Waals surface area contributed by atoms with Crippen LogP contribution in [0.15, 0.2) is 6.33 Å². The predicted molar refractivity (Wildman–Crippen MR) is 87.8 cm³/mol. The number of nitrogens with two attached hydrogens (primary N) is 1. The highest BCUT2D eigenvalue weighted by Gasteiger charge is 2.45. The molecule has 1 fully saturated rings. The van der Waals surface area contributed by atoms with Gasteiger partial charge in [0.15, 0.2) is 6.23 Å². The van der Waals surface area contributed by atoms with Crippen LogP contribution in [0.4, 0.5) is 0 Å². The summed E-state index contributed by atoms with van der Waals surface area (Å²) in [7, 11) is 0. The van der Waals surface area contributed by atoms with Gasteiger partial charge in [-0.25, -0.2) is 14.2 Å². The number of carbonyl (C=O) groups excluding carboxylic acids is 1. The summed E-state index contributed by atoms with van der Waals surface area (Å²) in [5.74, 6) is -1.00. The van der Waals surface area contributed by atoms with E-state index in [1.807, 2.05) is 0 Å². The number of ether oxygens (including phenoxy) is 1. The second-order valence-corrected chi connectivity index (χ2v) is 9.16. The molecule has 1 amide bonds. The standard InChI is InChI=1S/C12H21N4O7PS/c1-3-21-24(20,22-4-2)25-5-7-8(17)9(18)12(23-7)16-6-14-11(15-16)10(13)19/h6-9,12,17-18H,3-5H2,1-2H3,(H2,13,19)/t7?,8-,9-,12?/m1/s1. The number of hydrogen-bond acceptors (Lipinski definition) is 10. The second-order valence-electron chi connectivity index (χ2n) is 5.04. The first-order valence-corrected chi connectivity index (χ1v) is 10.7. The largest absolute Gasteiger partial charge is 0.389 e. The van der Waals surface area contributed by atoms with Gasteiger partial charge in [-0.15, -0.1) is 5.10 Å². The molecular formula is C12H21N4O7PS. The molecule has 0 radical (unpaired) electrons. The van der Waals surface area contributed by atoms with Gasteiger partial charge in [0.25, 0.3) is 5.91 Å². The molecule has 0 bridgehead atoms. The fourth-order valence-corrected chi connectivity index (χ4v) is 5.72. The molecule has 1 aromatic rings. The number of aromatic nitrogens is 3. The van der Waals surface area contributed by atoms with E-state index in [4.69, 9.17) is 19.5 Å². The molecule has 25 heavy (non-hydrogen) atoms. The Kier molecular flexibility index (Phi) is 6.97. The lowest BCUT2D eigenvalue weighted by molar-refractivity contribution is -0.0389. The molecule has 0 spiro atoms. The van der Waals surface area contributed by atoms with E-state index in [-0.39, 0.29) is 24.8 Å². The minimum Gasteiger partial charge on any atom is -0.387 e. The number of carbonyl (C=O) groups is 1. The van der Waals surface area contributed by atoms with Crippen LogP contribution in [0.5, 0.6) is 0 Å². The minimum absolute atomic E-state index is 0.0589. The van der Waals surface area contributed by atoms with E-state index in [1.54, 1.807) is 13.8 Å². The molecule has 11 nitrogen and oxygen atoms in total. The zero-order valence-electron chi connectivity index (χ0n) is 13.7. The third kappa shape index (κ3) is 4.79. The maximum atomic E-state index is 12.4. The summed E-state index contributed by atoms with van der Waals surface area (Å²) in [5.41, 5.74) is 5.08. The fourth-order valence-electron chi connectivity index (χ4n) is 2.19. The Balaban J connectivity index is 2.03. The summed E-state index contributed by atoms with van der Waals surface area (Å²) in [6.45, 7) is 0.420. The van der Waals surface area contributed by atoms with Crippen molar-refractivity contribution in [1.82, 2.24) is 14.8 Å². The maximum absolute atomic E-state index is 12.4. The summed E-state index contributed by atoms with van der Waals surface area (Å²) in [6, 6.07) is 0. The number of nitrogens with zero attached hydrogens (tertiary/aromatic N) is 3. The molecule has 4 atom stereocenters. The average molecular weight is 396 g/mol. The summed E-state index contributed by atoms with van der Waals surface area (Å²) >= 11 is 0.879. The van der Waals surface area contributed by atoms with Crippen molar-refractivity contribution in [2.75, 3.05) is 19.0 Å². The van der Waals surface area contributed by atoms with Crippen LogP contribution in [0.1, 0.15) is 30.7 Å². The van der Waals surface area contributed by atoms with Crippen molar-refractivity contribution in [2.45, 2.75) is 38.4 Å². The zero-order chi connectivity index (χ0) is 18.6. The number of hydrogen-bond donors (Lipinski definition) is 3. The normalized spacial score (nSPS) is 26.9. The van der Waals surface area contributed by atoms with Crippen LogP contribution in [0.2, 0.25) is 0 Å². The van der Waals surface area contributed by atoms with Gasteiger partial charge in [-0.05, 0) is 25.2 Å². The Labute approximate surface area is 148 Å². The Hall–Kier alpha value is -1.01. The minimum atomic E-state index is -3.37. The molecule has 142 valence electrons. The maximum Gasteiger partial charge on any atom is 0.389 e. The highest BCUT2D eigenvalue weighted by atomic mass is 32.7. The number of aliphatic hydroxyl groups is 2. The van der Waals surface area contributed by atoms with Crippen molar-refractivity contribution in [3.8, 4) is 0 Å². The van der Waals surface area contributed by atoms with E-state index in [0.29, 0.717) is 0 Å². The van der Waals surface area contributed by atoms with Crippen LogP contribution in [-0.4, -0.2) is 68.2 Å². The molecule has 2 rings (SSSR count). The van der Waals surface area contributed by atoms with Gasteiger partial charge in [0, 0.05) is 5.75 Å². The third-order valence-corrected chi connectivity index (χ3v) is 7.27. The molecule has 0 saturated carbocycles. The van der Waals surface area contributed by atoms with Crippen molar-refractivity contribution in [3.05, 3.63) is 12.2 Å². The summed E-state index contributed by atoms with van der Waals surface area (Å²) in [6.07, 6.45) is -3.30. The van der Waals surface area contributed by atoms with Crippen molar-refractivity contribution < 1.29 is 33.4 Å². The molecule has 1 aliphatic rings. The third-order valence-electron chi connectivity index (χ3n) is 3.30. The number of primary amides is 1. The molecule has 0 aromatic carbocycles. The molecule has 4 N–H and O–H groups in total. The number of aliphatic hydroxyl groups excluding tert-OH is 2. The van der Waals surface area contributed by atoms with Gasteiger partial charge in [-0.1, -0.05) is 0 Å². The quantitative estimate of drug-likeness (QED) is 0.481. The average Bonchev–Trinajstić information content (AvgIpc) is 3.13. The second kappa shape index (κ2) is 8.58. The lowest BCUT2D eigenvalue weighted by atomic mass is 10.1. The molecule has 2 heterocycles. The van der Waals surface area contributed by atoms with Crippen molar-refractivity contribution >= 4 is 24.1 Å². The molecular weight excluding hydrogens is 375 g/mol. The Bertz CT molecular complexity index is 635. The first-order chi connectivity index (χ1) is 11.8. The Morgan fingerprint density at radius 1 is 1.40 bits per heavy atom. The van der Waals surface area contributed by atoms with Crippen molar-refractivity contribution in [3.63, 3.8) is 0 Å². The smallest absolute Gasteiger partial charge is 0.387 e. The number of rotatable bonds is 9. The molecule has 13 heteroatoms. The van der Waals surface area contributed by atoms with Gasteiger partial charge in [-0.3, -0.25) is 4.79 Å². The first-order valence-electron chi connectivity index (χ1n) is 7.57. The van der Waals surface area contributed by atoms with Crippen LogP contribution in [0.3, 0.4) is 0 Å². The molecule has 1 saturated heterocycles. The van der Waals surface area contributed by atoms with Gasteiger partial charge in [-0.2, -0.15) is 0 Å². The fraction of sp³-hybridized carbons (Fsp3) is 0.750. The SMILES string of the molecule is CCOP(=O)(OCC)SCC1OC(n2cnc(C(N)=O)n2)[C@H](O)[C@@H]1O. The van der Waals surface area contributed by atoms with Gasteiger partial charge in [0.2, 0.25) is 5.82 Å². The summed E-state index contributed by atoms with van der Waals surface area (Å²) < 4.78 is 29.4. The highest BCUT2D eigenvalue weighted by Crippen LogP contribution is 2.61. The van der Waals surface area contributed by atoms with Gasteiger partial charge in [0.05, 0.1) is 19.3 Å². The molecule has 0 aliphatic carbocycles. The van der Waals surface area contributed by atoms with E-state index in [0.717, 1.165) is 16.1 Å². The first kappa shape index (κ1) is 20.3. The van der Waals surface area contributed by atoms with E-state index in [9.17, 15) is 19.6 Å². The zero-order valence-corrected chi connectivity index (χ0v) is 15.4. The van der Waals surface area contributed by atoms with Crippen molar-refractivity contribution in [1.29, 1.82) is 0 Å². The van der Waals surface area contributed by atoms with E-state index < -0.39 is 37.2 Å². The molecule has 1 aromatic heterocycles. The molecule has 1 aliphatic heterocycles. The topological polar surface area (TPSA) is 159 Å². The predicted octanol–water partition coefficient (Wildman–Crippen LogP) is -0.0895. The summed E-state index contributed by atoms with van der Waals surface area (Å²) in [5, 5.41) is 24.1. The highest BCUT2D eigenvalue weighted by molar-refractivity contribution is 8.55. The van der Waals surface area contributed by atoms with Crippen molar-refractivity contribution in [2.24, 2.45) is 5.73 Å². The van der Waals surface area contributed by atoms with E-state index in [2.05, 4.69) is 10.1 Å². The van der Waals surface area contributed by atoms with Crippen LogP contribution in [-0.2, 0) is 18.3 Å². The van der Waals surface area contributed by atoms with Gasteiger partial charge in [0.1, 0.15) is 18.5 Å². The number of amides is 1. The van der Waals surface area contributed by atoms with Crippen LogP contribution in [0, 0.1) is 0 Å². The Morgan fingerprint density at radius 2 is 2.04 bits per heavy atom. The van der Waals surface area contributed by atoms with Gasteiger partial charge >= 0.3 is 6.80 Å². The Morgan fingerprint density at radius 3 is 2.56 bits per heavy atom.